The number of hydrogen-bond donors (Lipinski definition) is 2. The van der Waals surface area contributed by atoms with Gasteiger partial charge in [0.05, 0.1) is 30.9 Å². The van der Waals surface area contributed by atoms with E-state index in [1.165, 1.54) is 31.9 Å². The number of para-hydroxylation sites is 1. The molecular weight excluding hydrogens is 632 g/mol. The number of hydrogen-bond acceptors (Lipinski definition) is 8. The van der Waals surface area contributed by atoms with Gasteiger partial charge in [-0.15, -0.1) is 0 Å². The fraction of sp³-hybridized carbons (Fsp3) is 0.150. The lowest BCUT2D eigenvalue weighted by molar-refractivity contribution is 0.0997. The molecule has 2 amide bonds. The molecule has 0 saturated carbocycles. The highest BCUT2D eigenvalue weighted by Crippen LogP contribution is 2.34. The molecule has 50 heavy (non-hydrogen) atoms. The zero-order chi connectivity index (χ0) is 35.0. The molecule has 6 aromatic rings. The average molecular weight is 669 g/mol. The molecule has 0 saturated heterocycles. The van der Waals surface area contributed by atoms with E-state index in [1.807, 2.05) is 36.5 Å². The van der Waals surface area contributed by atoms with E-state index in [4.69, 9.17) is 13.9 Å². The maximum atomic E-state index is 13.6. The molecular formula is C40H36N4O6. The maximum absolute atomic E-state index is 13.6. The molecule has 10 nitrogen and oxygen atoms in total. The van der Waals surface area contributed by atoms with Crippen molar-refractivity contribution in [2.24, 2.45) is 0 Å². The number of nitrogens with zero attached hydrogens (tertiary/aromatic N) is 2. The van der Waals surface area contributed by atoms with Gasteiger partial charge in [-0.2, -0.15) is 0 Å². The summed E-state index contributed by atoms with van der Waals surface area (Å²) in [4.78, 5) is 45.9. The summed E-state index contributed by atoms with van der Waals surface area (Å²) < 4.78 is 16.5. The number of rotatable bonds is 12. The fourth-order valence-corrected chi connectivity index (χ4v) is 5.57. The monoisotopic (exact) mass is 668 g/mol. The zero-order valence-electron chi connectivity index (χ0n) is 27.9. The van der Waals surface area contributed by atoms with Crippen LogP contribution in [0.4, 0.5) is 11.4 Å². The molecule has 4 aromatic carbocycles. The molecule has 10 heteroatoms. The number of aromatic nitrogens is 1. The van der Waals surface area contributed by atoms with Crippen molar-refractivity contribution >= 4 is 34.2 Å². The smallest absolute Gasteiger partial charge is 0.291 e. The number of carbonyl (C=O) groups excluding carboxylic acids is 2. The van der Waals surface area contributed by atoms with E-state index in [1.54, 1.807) is 30.5 Å². The highest BCUT2D eigenvalue weighted by atomic mass is 16.5. The molecule has 2 aromatic heterocycles. The largest absolute Gasteiger partial charge is 0.493 e. The Kier molecular flexibility index (Phi) is 10.3. The molecule has 0 atom stereocenters. The number of nitrogens with one attached hydrogen (secondary N) is 2. The van der Waals surface area contributed by atoms with Gasteiger partial charge in [0.1, 0.15) is 5.58 Å². The van der Waals surface area contributed by atoms with Crippen LogP contribution < -0.4 is 25.5 Å². The van der Waals surface area contributed by atoms with E-state index in [0.717, 1.165) is 42.3 Å². The van der Waals surface area contributed by atoms with Gasteiger partial charge >= 0.3 is 0 Å². The molecule has 2 heterocycles. The summed E-state index contributed by atoms with van der Waals surface area (Å²) in [6, 6.07) is 30.9. The van der Waals surface area contributed by atoms with Crippen molar-refractivity contribution in [1.29, 1.82) is 0 Å². The summed E-state index contributed by atoms with van der Waals surface area (Å²) in [5.74, 6) is -0.782. The minimum absolute atomic E-state index is 0.123. The fourth-order valence-electron chi connectivity index (χ4n) is 5.57. The topological polar surface area (TPSA) is 123 Å². The third-order valence-corrected chi connectivity index (χ3v) is 8.27. The molecule has 6 rings (SSSR count). The van der Waals surface area contributed by atoms with Gasteiger partial charge in [0, 0.05) is 43.3 Å². The Morgan fingerprint density at radius 3 is 2.22 bits per heavy atom. The lowest BCUT2D eigenvalue weighted by Gasteiger charge is -2.17. The number of benzene rings is 4. The molecule has 0 bridgehead atoms. The predicted molar refractivity (Wildman–Crippen MR) is 194 cm³/mol. The molecule has 252 valence electrons. The van der Waals surface area contributed by atoms with E-state index < -0.39 is 11.8 Å². The van der Waals surface area contributed by atoms with Crippen molar-refractivity contribution in [2.45, 2.75) is 13.0 Å². The summed E-state index contributed by atoms with van der Waals surface area (Å²) >= 11 is 0. The molecule has 0 aliphatic rings. The number of pyridine rings is 1. The van der Waals surface area contributed by atoms with Crippen LogP contribution in [0.15, 0.2) is 125 Å². The Balaban J connectivity index is 1.10. The Hall–Kier alpha value is -6.26. The van der Waals surface area contributed by atoms with E-state index >= 15 is 0 Å². The highest BCUT2D eigenvalue weighted by molar-refractivity contribution is 6.12. The van der Waals surface area contributed by atoms with Crippen LogP contribution in [0.5, 0.6) is 11.5 Å². The molecule has 0 aliphatic heterocycles. The lowest BCUT2D eigenvalue weighted by Crippen LogP contribution is -2.21. The number of carbonyl (C=O) groups is 2. The van der Waals surface area contributed by atoms with Gasteiger partial charge in [-0.1, -0.05) is 54.6 Å². The van der Waals surface area contributed by atoms with Gasteiger partial charge in [0.2, 0.25) is 0 Å². The van der Waals surface area contributed by atoms with Gasteiger partial charge in [0.15, 0.2) is 22.7 Å². The van der Waals surface area contributed by atoms with Crippen LogP contribution in [0.1, 0.15) is 32.0 Å². The number of likely N-dealkylation sites (N-methyl/N-ethyl adjacent to an activating group) is 1. The molecule has 0 fully saturated rings. The summed E-state index contributed by atoms with van der Waals surface area (Å²) in [5, 5.41) is 5.96. The first-order chi connectivity index (χ1) is 24.3. The van der Waals surface area contributed by atoms with Crippen molar-refractivity contribution in [3.8, 4) is 22.6 Å². The second-order valence-corrected chi connectivity index (χ2v) is 11.8. The van der Waals surface area contributed by atoms with E-state index in [9.17, 15) is 14.4 Å². The third kappa shape index (κ3) is 7.88. The number of fused-ring (bicyclic) bond motifs is 1. The number of methoxy groups -OCH3 is 2. The quantitative estimate of drug-likeness (QED) is 0.142. The second kappa shape index (κ2) is 15.3. The van der Waals surface area contributed by atoms with Gasteiger partial charge in [0.25, 0.3) is 11.8 Å². The molecule has 0 unspecified atom stereocenters. The standard InChI is InChI=1S/C40H36N4O6/c1-44(25-27-10-14-28(15-11-27)29-7-6-19-41-24-29)20-18-26-12-16-30(17-13-26)42-39(46)32-21-36(48-2)37(49-3)22-33(32)43-40(47)38-23-34(45)31-8-4-5-9-35(31)50-38/h4-17,19,21-24H,18,20,25H2,1-3H3,(H,42,46)(H,43,47). The predicted octanol–water partition coefficient (Wildman–Crippen LogP) is 7.05. The minimum Gasteiger partial charge on any atom is -0.493 e. The number of amides is 2. The van der Waals surface area contributed by atoms with Gasteiger partial charge < -0.3 is 29.4 Å². The van der Waals surface area contributed by atoms with Crippen LogP contribution in [0.2, 0.25) is 0 Å². The first kappa shape index (κ1) is 33.6. The van der Waals surface area contributed by atoms with Crippen molar-refractivity contribution < 1.29 is 23.5 Å². The normalized spacial score (nSPS) is 11.0. The van der Waals surface area contributed by atoms with Crippen molar-refractivity contribution in [3.05, 3.63) is 148 Å². The van der Waals surface area contributed by atoms with Crippen LogP contribution in [0.25, 0.3) is 22.1 Å². The molecule has 2 N–H and O–H groups in total. The van der Waals surface area contributed by atoms with E-state index in [0.29, 0.717) is 22.6 Å². The average Bonchev–Trinajstić information content (AvgIpc) is 3.15. The van der Waals surface area contributed by atoms with Gasteiger partial charge in [-0.25, -0.2) is 0 Å². The van der Waals surface area contributed by atoms with Crippen molar-refractivity contribution in [2.75, 3.05) is 38.4 Å². The van der Waals surface area contributed by atoms with Crippen LogP contribution in [-0.2, 0) is 13.0 Å². The van der Waals surface area contributed by atoms with E-state index in [2.05, 4.69) is 57.9 Å². The highest BCUT2D eigenvalue weighted by Gasteiger charge is 2.21. The molecule has 0 radical (unpaired) electrons. The first-order valence-corrected chi connectivity index (χ1v) is 16.0. The minimum atomic E-state index is -0.704. The Labute approximate surface area is 289 Å². The lowest BCUT2D eigenvalue weighted by atomic mass is 10.1. The number of ether oxygens (including phenoxy) is 2. The summed E-state index contributed by atoms with van der Waals surface area (Å²) in [5.41, 5.74) is 5.35. The SMILES string of the molecule is COc1cc(NC(=O)c2cc(=O)c3ccccc3o2)c(C(=O)Nc2ccc(CCN(C)Cc3ccc(-c4cccnc4)cc3)cc2)cc1OC. The van der Waals surface area contributed by atoms with Crippen molar-refractivity contribution in [3.63, 3.8) is 0 Å². The van der Waals surface area contributed by atoms with Crippen LogP contribution in [0, 0.1) is 0 Å². The Morgan fingerprint density at radius 1 is 0.780 bits per heavy atom. The summed E-state index contributed by atoms with van der Waals surface area (Å²) in [6.45, 7) is 1.67. The van der Waals surface area contributed by atoms with Gasteiger partial charge in [-0.3, -0.25) is 19.4 Å². The van der Waals surface area contributed by atoms with Gasteiger partial charge in [-0.05, 0) is 72.1 Å². The summed E-state index contributed by atoms with van der Waals surface area (Å²) in [6.07, 6.45) is 4.46. The van der Waals surface area contributed by atoms with Crippen LogP contribution >= 0.6 is 0 Å². The van der Waals surface area contributed by atoms with Crippen LogP contribution in [-0.4, -0.2) is 49.5 Å². The Morgan fingerprint density at radius 2 is 1.50 bits per heavy atom. The Bertz CT molecular complexity index is 2180. The first-order valence-electron chi connectivity index (χ1n) is 16.0. The molecule has 0 aliphatic carbocycles. The van der Waals surface area contributed by atoms with Crippen molar-refractivity contribution in [1.82, 2.24) is 9.88 Å². The maximum Gasteiger partial charge on any atom is 0.291 e. The third-order valence-electron chi connectivity index (χ3n) is 8.27. The number of anilines is 2. The van der Waals surface area contributed by atoms with E-state index in [-0.39, 0.29) is 28.0 Å². The molecule has 0 spiro atoms. The zero-order valence-corrected chi connectivity index (χ0v) is 27.9. The van der Waals surface area contributed by atoms with Crippen LogP contribution in [0.3, 0.4) is 0 Å². The second-order valence-electron chi connectivity index (χ2n) is 11.8. The summed E-state index contributed by atoms with van der Waals surface area (Å²) in [7, 11) is 5.00.